The molecule has 0 heterocycles. The number of carboxylic acids is 1. The zero-order valence-electron chi connectivity index (χ0n) is 13.3. The second kappa shape index (κ2) is 7.62. The molecular weight excluding hydrogens is 441 g/mol. The van der Waals surface area contributed by atoms with Crippen LogP contribution in [0.1, 0.15) is 11.1 Å². The molecule has 0 saturated carbocycles. The molecule has 2 rings (SSSR count). The molecule has 0 bridgehead atoms. The number of rotatable bonds is 6. The highest BCUT2D eigenvalue weighted by molar-refractivity contribution is 14.1. The first-order valence-corrected chi connectivity index (χ1v) is 9.75. The van der Waals surface area contributed by atoms with Gasteiger partial charge in [-0.3, -0.25) is 4.79 Å². The number of hydrogen-bond acceptors (Lipinski definition) is 3. The van der Waals surface area contributed by atoms with E-state index in [2.05, 4.69) is 22.6 Å². The molecule has 0 aliphatic heterocycles. The third-order valence-corrected chi connectivity index (χ3v) is 6.36. The standard InChI is InChI=1S/C17H18INO4S/c1-12-3-9-15(10-4-12)24(22,23)19(2)16(17(20)21)11-13-5-7-14(18)8-6-13/h3-10,16H,11H2,1-2H3,(H,20,21). The van der Waals surface area contributed by atoms with E-state index in [1.807, 2.05) is 31.2 Å². The van der Waals surface area contributed by atoms with Crippen LogP contribution in [0.25, 0.3) is 0 Å². The van der Waals surface area contributed by atoms with Crippen molar-refractivity contribution in [3.8, 4) is 0 Å². The summed E-state index contributed by atoms with van der Waals surface area (Å²) in [5.41, 5.74) is 1.71. The van der Waals surface area contributed by atoms with Crippen molar-refractivity contribution in [2.45, 2.75) is 24.3 Å². The minimum absolute atomic E-state index is 0.0875. The first-order valence-electron chi connectivity index (χ1n) is 7.24. The highest BCUT2D eigenvalue weighted by Gasteiger charge is 2.32. The summed E-state index contributed by atoms with van der Waals surface area (Å²) < 4.78 is 27.4. The molecular formula is C17H18INO4S. The molecule has 1 N–H and O–H groups in total. The molecule has 0 saturated heterocycles. The second-order valence-corrected chi connectivity index (χ2v) is 8.76. The quantitative estimate of drug-likeness (QED) is 0.675. The minimum Gasteiger partial charge on any atom is -0.480 e. The van der Waals surface area contributed by atoms with Crippen LogP contribution in [0.4, 0.5) is 0 Å². The largest absolute Gasteiger partial charge is 0.480 e. The normalized spacial score (nSPS) is 13.0. The number of aliphatic carboxylic acids is 1. The number of nitrogens with zero attached hydrogens (tertiary/aromatic N) is 1. The Morgan fingerprint density at radius 1 is 1.12 bits per heavy atom. The number of carbonyl (C=O) groups is 1. The molecule has 0 aliphatic rings. The lowest BCUT2D eigenvalue weighted by Gasteiger charge is -2.24. The van der Waals surface area contributed by atoms with E-state index in [1.54, 1.807) is 12.1 Å². The lowest BCUT2D eigenvalue weighted by atomic mass is 10.1. The maximum absolute atomic E-state index is 12.7. The Bertz CT molecular complexity index is 817. The number of carboxylic acid groups (broad SMARTS) is 1. The number of sulfonamides is 1. The first-order chi connectivity index (χ1) is 11.2. The highest BCUT2D eigenvalue weighted by atomic mass is 127. The van der Waals surface area contributed by atoms with Crippen molar-refractivity contribution in [2.24, 2.45) is 0 Å². The average molecular weight is 459 g/mol. The molecule has 1 atom stereocenters. The lowest BCUT2D eigenvalue weighted by Crippen LogP contribution is -2.43. The summed E-state index contributed by atoms with van der Waals surface area (Å²) in [6.07, 6.45) is 0.105. The molecule has 7 heteroatoms. The monoisotopic (exact) mass is 459 g/mol. The van der Waals surface area contributed by atoms with Crippen LogP contribution in [0.3, 0.4) is 0 Å². The minimum atomic E-state index is -3.88. The number of likely N-dealkylation sites (N-methyl/N-ethyl adjacent to an activating group) is 1. The molecule has 0 spiro atoms. The predicted octanol–water partition coefficient (Wildman–Crippen LogP) is 2.92. The number of hydrogen-bond donors (Lipinski definition) is 1. The zero-order chi connectivity index (χ0) is 17.9. The van der Waals surface area contributed by atoms with Gasteiger partial charge in [-0.05, 0) is 65.8 Å². The molecule has 1 unspecified atom stereocenters. The fraction of sp³-hybridized carbons (Fsp3) is 0.235. The maximum Gasteiger partial charge on any atom is 0.322 e. The van der Waals surface area contributed by atoms with Gasteiger partial charge in [-0.25, -0.2) is 8.42 Å². The summed E-state index contributed by atoms with van der Waals surface area (Å²) in [7, 11) is -2.57. The van der Waals surface area contributed by atoms with E-state index in [1.165, 1.54) is 19.2 Å². The molecule has 0 aliphatic carbocycles. The topological polar surface area (TPSA) is 74.7 Å². The van der Waals surface area contributed by atoms with E-state index in [4.69, 9.17) is 0 Å². The van der Waals surface area contributed by atoms with Crippen LogP contribution in [-0.4, -0.2) is 36.9 Å². The van der Waals surface area contributed by atoms with Gasteiger partial charge in [0.15, 0.2) is 0 Å². The third-order valence-electron chi connectivity index (χ3n) is 3.76. The fourth-order valence-corrected chi connectivity index (χ4v) is 3.93. The van der Waals surface area contributed by atoms with Crippen LogP contribution in [0.5, 0.6) is 0 Å². The van der Waals surface area contributed by atoms with Crippen LogP contribution < -0.4 is 0 Å². The Kier molecular flexibility index (Phi) is 6.00. The van der Waals surface area contributed by atoms with Crippen molar-refractivity contribution in [1.82, 2.24) is 4.31 Å². The Hall–Kier alpha value is -1.45. The summed E-state index contributed by atoms with van der Waals surface area (Å²) in [5, 5.41) is 9.51. The van der Waals surface area contributed by atoms with Gasteiger partial charge >= 0.3 is 5.97 Å². The summed E-state index contributed by atoms with van der Waals surface area (Å²) in [5.74, 6) is -1.17. The van der Waals surface area contributed by atoms with Gasteiger partial charge in [0.1, 0.15) is 6.04 Å². The van der Waals surface area contributed by atoms with E-state index in [-0.39, 0.29) is 11.3 Å². The molecule has 0 aromatic heterocycles. The van der Waals surface area contributed by atoms with Crippen molar-refractivity contribution in [2.75, 3.05) is 7.05 Å². The highest BCUT2D eigenvalue weighted by Crippen LogP contribution is 2.20. The van der Waals surface area contributed by atoms with Crippen LogP contribution in [0.15, 0.2) is 53.4 Å². The first kappa shape index (κ1) is 18.9. The van der Waals surface area contributed by atoms with Crippen molar-refractivity contribution >= 4 is 38.6 Å². The maximum atomic E-state index is 12.7. The van der Waals surface area contributed by atoms with Gasteiger partial charge < -0.3 is 5.11 Å². The average Bonchev–Trinajstić information content (AvgIpc) is 2.53. The molecule has 0 fully saturated rings. The number of halogens is 1. The summed E-state index contributed by atoms with van der Waals surface area (Å²) in [6.45, 7) is 1.86. The van der Waals surface area contributed by atoms with E-state index in [0.717, 1.165) is 19.0 Å². The summed E-state index contributed by atoms with van der Waals surface area (Å²) >= 11 is 2.16. The summed E-state index contributed by atoms with van der Waals surface area (Å²) in [4.78, 5) is 11.7. The van der Waals surface area contributed by atoms with Gasteiger partial charge in [-0.1, -0.05) is 29.8 Å². The van der Waals surface area contributed by atoms with Crippen LogP contribution in [0.2, 0.25) is 0 Å². The van der Waals surface area contributed by atoms with Crippen molar-refractivity contribution < 1.29 is 18.3 Å². The van der Waals surface area contributed by atoms with Crippen LogP contribution >= 0.6 is 22.6 Å². The van der Waals surface area contributed by atoms with Gasteiger partial charge in [0.2, 0.25) is 10.0 Å². The predicted molar refractivity (Wildman–Crippen MR) is 100 cm³/mol. The van der Waals surface area contributed by atoms with E-state index >= 15 is 0 Å². The van der Waals surface area contributed by atoms with Gasteiger partial charge in [-0.2, -0.15) is 4.31 Å². The Morgan fingerprint density at radius 3 is 2.17 bits per heavy atom. The smallest absolute Gasteiger partial charge is 0.322 e. The van der Waals surface area contributed by atoms with Gasteiger partial charge in [0, 0.05) is 10.6 Å². The molecule has 24 heavy (non-hydrogen) atoms. The number of benzene rings is 2. The van der Waals surface area contributed by atoms with E-state index in [9.17, 15) is 18.3 Å². The second-order valence-electron chi connectivity index (χ2n) is 5.52. The SMILES string of the molecule is Cc1ccc(S(=O)(=O)N(C)C(Cc2ccc(I)cc2)C(=O)O)cc1. The molecule has 0 radical (unpaired) electrons. The van der Waals surface area contributed by atoms with Gasteiger partial charge in [-0.15, -0.1) is 0 Å². The fourth-order valence-electron chi connectivity index (χ4n) is 2.26. The van der Waals surface area contributed by atoms with Crippen LogP contribution in [-0.2, 0) is 21.2 Å². The van der Waals surface area contributed by atoms with Gasteiger partial charge in [0.25, 0.3) is 0 Å². The molecule has 5 nitrogen and oxygen atoms in total. The van der Waals surface area contributed by atoms with Crippen LogP contribution in [0, 0.1) is 10.5 Å². The Morgan fingerprint density at radius 2 is 1.67 bits per heavy atom. The van der Waals surface area contributed by atoms with Crippen molar-refractivity contribution in [1.29, 1.82) is 0 Å². The Balaban J connectivity index is 2.31. The van der Waals surface area contributed by atoms with E-state index < -0.39 is 22.0 Å². The van der Waals surface area contributed by atoms with Gasteiger partial charge in [0.05, 0.1) is 4.90 Å². The molecule has 2 aromatic carbocycles. The summed E-state index contributed by atoms with van der Waals surface area (Å²) in [6, 6.07) is 12.5. The lowest BCUT2D eigenvalue weighted by molar-refractivity contribution is -0.141. The third kappa shape index (κ3) is 4.34. The Labute approximate surface area is 155 Å². The molecule has 0 amide bonds. The van der Waals surface area contributed by atoms with Crippen molar-refractivity contribution in [3.05, 3.63) is 63.2 Å². The molecule has 128 valence electrons. The molecule has 2 aromatic rings. The zero-order valence-corrected chi connectivity index (χ0v) is 16.3. The number of aryl methyl sites for hydroxylation is 1. The van der Waals surface area contributed by atoms with Crippen molar-refractivity contribution in [3.63, 3.8) is 0 Å². The van der Waals surface area contributed by atoms with E-state index in [0.29, 0.717) is 0 Å².